The highest BCUT2D eigenvalue weighted by Gasteiger charge is 2.46. The summed E-state index contributed by atoms with van der Waals surface area (Å²) in [6.45, 7) is 2.57. The van der Waals surface area contributed by atoms with Crippen molar-refractivity contribution in [2.24, 2.45) is 5.41 Å². The van der Waals surface area contributed by atoms with Gasteiger partial charge in [-0.15, -0.1) is 0 Å². The van der Waals surface area contributed by atoms with E-state index in [9.17, 15) is 9.59 Å². The number of rotatable bonds is 4. The van der Waals surface area contributed by atoms with Gasteiger partial charge in [0.2, 0.25) is 5.91 Å². The predicted octanol–water partition coefficient (Wildman–Crippen LogP) is 4.90. The smallest absolute Gasteiger partial charge is 0.330 e. The number of nitrogens with zero attached hydrogens (tertiary/aromatic N) is 1. The van der Waals surface area contributed by atoms with E-state index in [2.05, 4.69) is 11.7 Å². The van der Waals surface area contributed by atoms with Gasteiger partial charge in [0.15, 0.2) is 0 Å². The molecule has 3 rings (SSSR count). The monoisotopic (exact) mass is 393 g/mol. The van der Waals surface area contributed by atoms with E-state index >= 15 is 0 Å². The molecule has 1 aliphatic heterocycles. The Bertz CT molecular complexity index is 815. The van der Waals surface area contributed by atoms with Crippen LogP contribution in [0.2, 0.25) is 10.0 Å². The first-order chi connectivity index (χ1) is 12.3. The van der Waals surface area contributed by atoms with Gasteiger partial charge in [0.05, 0.1) is 23.7 Å². The van der Waals surface area contributed by atoms with Gasteiger partial charge in [-0.25, -0.2) is 4.79 Å². The van der Waals surface area contributed by atoms with E-state index in [1.807, 2.05) is 11.0 Å². The van der Waals surface area contributed by atoms with Crippen molar-refractivity contribution < 1.29 is 14.3 Å². The number of amides is 1. The van der Waals surface area contributed by atoms with Crippen molar-refractivity contribution in [3.8, 4) is 0 Å². The molecule has 0 radical (unpaired) electrons. The summed E-state index contributed by atoms with van der Waals surface area (Å²) < 4.78 is 4.69. The van der Waals surface area contributed by atoms with Crippen LogP contribution in [0.25, 0.3) is 0 Å². The van der Waals surface area contributed by atoms with Crippen LogP contribution in [0, 0.1) is 5.41 Å². The maximum absolute atomic E-state index is 12.8. The molecule has 1 atom stereocenters. The number of likely N-dealkylation sites (tertiary alicyclic amines) is 1. The minimum absolute atomic E-state index is 0.0967. The van der Waals surface area contributed by atoms with Gasteiger partial charge in [0.1, 0.15) is 0 Å². The average Bonchev–Trinajstić information content (AvgIpc) is 2.86. The number of ether oxygens (including phenoxy) is 1. The summed E-state index contributed by atoms with van der Waals surface area (Å²) >= 11 is 12.1. The van der Waals surface area contributed by atoms with E-state index in [0.29, 0.717) is 23.0 Å². The van der Waals surface area contributed by atoms with Crippen LogP contribution < -0.4 is 0 Å². The third-order valence-electron chi connectivity index (χ3n) is 5.11. The first-order valence-corrected chi connectivity index (χ1v) is 9.33. The van der Waals surface area contributed by atoms with Gasteiger partial charge in [-0.1, -0.05) is 42.3 Å². The second-order valence-corrected chi connectivity index (χ2v) is 7.86. The molecular formula is C20H21Cl2NO3. The molecule has 2 aliphatic rings. The number of halogens is 2. The quantitative estimate of drug-likeness (QED) is 0.539. The number of carbonyl (C=O) groups is 2. The number of allylic oxidation sites excluding steroid dienone is 3. The normalized spacial score (nSPS) is 22.9. The number of esters is 1. The van der Waals surface area contributed by atoms with Crippen molar-refractivity contribution in [2.75, 3.05) is 7.11 Å². The topological polar surface area (TPSA) is 46.6 Å². The summed E-state index contributed by atoms with van der Waals surface area (Å²) in [5.74, 6) is -0.301. The molecule has 1 unspecified atom stereocenters. The van der Waals surface area contributed by atoms with Crippen molar-refractivity contribution in [2.45, 2.75) is 39.2 Å². The fraction of sp³-hybridized carbons (Fsp3) is 0.400. The fourth-order valence-corrected chi connectivity index (χ4v) is 4.23. The minimum Gasteiger partial charge on any atom is -0.466 e. The Labute approximate surface area is 163 Å². The molecule has 6 heteroatoms. The molecule has 0 saturated carbocycles. The lowest BCUT2D eigenvalue weighted by atomic mass is 9.74. The lowest BCUT2D eigenvalue weighted by Gasteiger charge is -2.34. The van der Waals surface area contributed by atoms with Crippen LogP contribution in [-0.4, -0.2) is 23.9 Å². The van der Waals surface area contributed by atoms with Crippen LogP contribution in [0.15, 0.2) is 41.6 Å². The highest BCUT2D eigenvalue weighted by molar-refractivity contribution is 6.42. The SMILES string of the molecule is COC(=O)/C=C/C1=C2N(Cc3ccc(Cl)c(Cl)c3)C(=O)CC2(C)CCC1. The highest BCUT2D eigenvalue weighted by atomic mass is 35.5. The summed E-state index contributed by atoms with van der Waals surface area (Å²) in [5.41, 5.74) is 2.77. The van der Waals surface area contributed by atoms with E-state index in [1.54, 1.807) is 18.2 Å². The van der Waals surface area contributed by atoms with E-state index < -0.39 is 5.97 Å². The Balaban J connectivity index is 1.98. The van der Waals surface area contributed by atoms with Crippen LogP contribution >= 0.6 is 23.2 Å². The Morgan fingerprint density at radius 3 is 2.81 bits per heavy atom. The minimum atomic E-state index is -0.397. The Hall–Kier alpha value is -1.78. The number of hydrogen-bond donors (Lipinski definition) is 0. The van der Waals surface area contributed by atoms with Gasteiger partial charge < -0.3 is 9.64 Å². The Kier molecular flexibility index (Phi) is 5.44. The van der Waals surface area contributed by atoms with E-state index in [1.165, 1.54) is 13.2 Å². The third-order valence-corrected chi connectivity index (χ3v) is 5.85. The average molecular weight is 394 g/mol. The van der Waals surface area contributed by atoms with Crippen molar-refractivity contribution in [1.29, 1.82) is 0 Å². The second kappa shape index (κ2) is 7.45. The van der Waals surface area contributed by atoms with Crippen molar-refractivity contribution in [3.63, 3.8) is 0 Å². The van der Waals surface area contributed by atoms with Crippen LogP contribution in [0.5, 0.6) is 0 Å². The van der Waals surface area contributed by atoms with Crippen LogP contribution in [0.1, 0.15) is 38.2 Å². The van der Waals surface area contributed by atoms with Crippen molar-refractivity contribution >= 4 is 35.1 Å². The zero-order valence-electron chi connectivity index (χ0n) is 14.9. The molecule has 1 aromatic carbocycles. The van der Waals surface area contributed by atoms with E-state index in [4.69, 9.17) is 23.2 Å². The van der Waals surface area contributed by atoms with Crippen LogP contribution in [0.3, 0.4) is 0 Å². The molecule has 1 saturated heterocycles. The van der Waals surface area contributed by atoms with Gasteiger partial charge in [0, 0.05) is 23.6 Å². The lowest BCUT2D eigenvalue weighted by Crippen LogP contribution is -2.28. The second-order valence-electron chi connectivity index (χ2n) is 7.05. The summed E-state index contributed by atoms with van der Waals surface area (Å²) in [4.78, 5) is 26.1. The summed E-state index contributed by atoms with van der Waals surface area (Å²) in [6, 6.07) is 5.41. The fourth-order valence-electron chi connectivity index (χ4n) is 3.91. The number of fused-ring (bicyclic) bond motifs is 1. The number of methoxy groups -OCH3 is 1. The number of hydrogen-bond acceptors (Lipinski definition) is 3. The molecule has 1 amide bonds. The molecule has 0 aromatic heterocycles. The molecule has 1 aliphatic carbocycles. The molecule has 0 N–H and O–H groups in total. The molecule has 26 heavy (non-hydrogen) atoms. The first-order valence-electron chi connectivity index (χ1n) is 8.58. The zero-order chi connectivity index (χ0) is 18.9. The number of benzene rings is 1. The summed E-state index contributed by atoms with van der Waals surface area (Å²) in [7, 11) is 1.35. The summed E-state index contributed by atoms with van der Waals surface area (Å²) in [5, 5.41) is 0.966. The third kappa shape index (κ3) is 3.67. The van der Waals surface area contributed by atoms with Crippen LogP contribution in [0.4, 0.5) is 0 Å². The molecule has 1 heterocycles. The largest absolute Gasteiger partial charge is 0.466 e. The molecule has 138 valence electrons. The number of carbonyl (C=O) groups excluding carboxylic acids is 2. The van der Waals surface area contributed by atoms with Gasteiger partial charge in [-0.2, -0.15) is 0 Å². The predicted molar refractivity (Wildman–Crippen MR) is 102 cm³/mol. The van der Waals surface area contributed by atoms with Gasteiger partial charge in [-0.05, 0) is 42.5 Å². The van der Waals surface area contributed by atoms with Gasteiger partial charge >= 0.3 is 5.97 Å². The lowest BCUT2D eigenvalue weighted by molar-refractivity contribution is -0.134. The van der Waals surface area contributed by atoms with Gasteiger partial charge in [0.25, 0.3) is 0 Å². The van der Waals surface area contributed by atoms with E-state index in [-0.39, 0.29) is 11.3 Å². The molecule has 0 bridgehead atoms. The van der Waals surface area contributed by atoms with Crippen molar-refractivity contribution in [3.05, 3.63) is 57.2 Å². The zero-order valence-corrected chi connectivity index (χ0v) is 16.4. The maximum atomic E-state index is 12.8. The van der Waals surface area contributed by atoms with Crippen molar-refractivity contribution in [1.82, 2.24) is 4.90 Å². The molecule has 4 nitrogen and oxygen atoms in total. The molecule has 1 fully saturated rings. The molecule has 1 aromatic rings. The Morgan fingerprint density at radius 2 is 2.12 bits per heavy atom. The van der Waals surface area contributed by atoms with E-state index in [0.717, 1.165) is 36.1 Å². The summed E-state index contributed by atoms with van der Waals surface area (Å²) in [6.07, 6.45) is 6.49. The van der Waals surface area contributed by atoms with Crippen LogP contribution in [-0.2, 0) is 20.9 Å². The molecular weight excluding hydrogens is 373 g/mol. The Morgan fingerprint density at radius 1 is 1.35 bits per heavy atom. The maximum Gasteiger partial charge on any atom is 0.330 e. The first kappa shape index (κ1) is 19.0. The van der Waals surface area contributed by atoms with Gasteiger partial charge in [-0.3, -0.25) is 4.79 Å². The standard InChI is InChI=1S/C20H21Cl2NO3/c1-20-9-3-4-14(6-8-18(25)26-2)19(20)23(17(24)11-20)12-13-5-7-15(21)16(22)10-13/h5-8,10H,3-4,9,11-12H2,1-2H3/b8-6+. The highest BCUT2D eigenvalue weighted by Crippen LogP contribution is 2.50. The molecule has 0 spiro atoms.